The van der Waals surface area contributed by atoms with E-state index in [-0.39, 0.29) is 17.7 Å². The molecule has 2 amide bonds. The van der Waals surface area contributed by atoms with E-state index in [1.807, 2.05) is 52.3 Å². The van der Waals surface area contributed by atoms with E-state index in [0.29, 0.717) is 38.0 Å². The molecule has 3 fully saturated rings. The van der Waals surface area contributed by atoms with Gasteiger partial charge in [-0.25, -0.2) is 4.98 Å². The number of amides is 2. The molecular weight excluding hydrogens is 490 g/mol. The van der Waals surface area contributed by atoms with Gasteiger partial charge in [-0.1, -0.05) is 12.1 Å². The van der Waals surface area contributed by atoms with E-state index in [9.17, 15) is 14.7 Å². The zero-order valence-electron chi connectivity index (χ0n) is 22.4. The van der Waals surface area contributed by atoms with Crippen LogP contribution in [0.25, 0.3) is 11.1 Å². The molecule has 3 aliphatic heterocycles. The van der Waals surface area contributed by atoms with Gasteiger partial charge in [-0.2, -0.15) is 0 Å². The highest BCUT2D eigenvalue weighted by Crippen LogP contribution is 2.43. The lowest BCUT2D eigenvalue weighted by molar-refractivity contribution is -0.127. The second kappa shape index (κ2) is 10.3. The summed E-state index contributed by atoms with van der Waals surface area (Å²) < 4.78 is 0. The third-order valence-electron chi connectivity index (χ3n) is 8.76. The summed E-state index contributed by atoms with van der Waals surface area (Å²) in [5.41, 5.74) is 4.22. The lowest BCUT2D eigenvalue weighted by atomic mass is 9.77. The van der Waals surface area contributed by atoms with Crippen molar-refractivity contribution in [1.82, 2.24) is 14.8 Å². The molecular formula is C31H35N5O3. The van der Waals surface area contributed by atoms with E-state index in [0.717, 1.165) is 49.4 Å². The van der Waals surface area contributed by atoms with Crippen LogP contribution in [0.3, 0.4) is 0 Å². The van der Waals surface area contributed by atoms with Crippen LogP contribution in [0.1, 0.15) is 29.6 Å². The van der Waals surface area contributed by atoms with Gasteiger partial charge in [0.2, 0.25) is 11.8 Å². The summed E-state index contributed by atoms with van der Waals surface area (Å²) in [6.45, 7) is 6.00. The maximum Gasteiger partial charge on any atom is 0.253 e. The van der Waals surface area contributed by atoms with Crippen molar-refractivity contribution in [2.45, 2.75) is 19.3 Å². The SMILES string of the molecule is CN1CCN(c2ccc(C(=O)N3CCC4(CC3)CCN(c3ccc(-c5ccnc(O)c5)cc3)C4=O)cc2)CC1. The van der Waals surface area contributed by atoms with Crippen LogP contribution in [0.4, 0.5) is 11.4 Å². The van der Waals surface area contributed by atoms with Gasteiger partial charge in [-0.15, -0.1) is 0 Å². The molecule has 1 aromatic heterocycles. The number of anilines is 2. The predicted molar refractivity (Wildman–Crippen MR) is 152 cm³/mol. The van der Waals surface area contributed by atoms with Gasteiger partial charge in [-0.05, 0) is 79.9 Å². The Morgan fingerprint density at radius 1 is 0.795 bits per heavy atom. The molecule has 3 aliphatic rings. The van der Waals surface area contributed by atoms with Crippen LogP contribution in [-0.2, 0) is 4.79 Å². The van der Waals surface area contributed by atoms with Crippen LogP contribution in [0.15, 0.2) is 66.9 Å². The van der Waals surface area contributed by atoms with E-state index in [1.165, 1.54) is 5.69 Å². The van der Waals surface area contributed by atoms with E-state index < -0.39 is 5.41 Å². The zero-order chi connectivity index (χ0) is 27.0. The molecule has 0 radical (unpaired) electrons. The molecule has 0 bridgehead atoms. The third-order valence-corrected chi connectivity index (χ3v) is 8.76. The first kappa shape index (κ1) is 25.4. The van der Waals surface area contributed by atoms with Crippen LogP contribution >= 0.6 is 0 Å². The van der Waals surface area contributed by atoms with E-state index in [1.54, 1.807) is 12.3 Å². The van der Waals surface area contributed by atoms with E-state index in [2.05, 4.69) is 34.0 Å². The van der Waals surface area contributed by atoms with Crippen molar-refractivity contribution in [3.05, 3.63) is 72.4 Å². The number of nitrogens with zero attached hydrogens (tertiary/aromatic N) is 5. The Balaban J connectivity index is 1.07. The normalized spacial score (nSPS) is 19.6. The van der Waals surface area contributed by atoms with Gasteiger partial charge in [0.05, 0.1) is 5.41 Å². The number of hydrogen-bond acceptors (Lipinski definition) is 6. The summed E-state index contributed by atoms with van der Waals surface area (Å²) in [5, 5.41) is 9.67. The van der Waals surface area contributed by atoms with Gasteiger partial charge in [0, 0.05) is 75.0 Å². The molecule has 8 heteroatoms. The lowest BCUT2D eigenvalue weighted by Gasteiger charge is -2.38. The molecule has 1 spiro atoms. The largest absolute Gasteiger partial charge is 0.493 e. The number of likely N-dealkylation sites (tertiary alicyclic amines) is 1. The number of pyridine rings is 1. The van der Waals surface area contributed by atoms with Crippen molar-refractivity contribution < 1.29 is 14.7 Å². The second-order valence-electron chi connectivity index (χ2n) is 11.1. The Kier molecular flexibility index (Phi) is 6.73. The highest BCUT2D eigenvalue weighted by Gasteiger charge is 2.49. The molecule has 202 valence electrons. The average molecular weight is 526 g/mol. The van der Waals surface area contributed by atoms with Crippen LogP contribution in [-0.4, -0.2) is 84.6 Å². The van der Waals surface area contributed by atoms with Crippen molar-refractivity contribution in [3.8, 4) is 17.0 Å². The molecule has 3 saturated heterocycles. The monoisotopic (exact) mass is 525 g/mol. The predicted octanol–water partition coefficient (Wildman–Crippen LogP) is 3.87. The number of benzene rings is 2. The third kappa shape index (κ3) is 4.96. The van der Waals surface area contributed by atoms with Crippen molar-refractivity contribution in [2.75, 3.05) is 62.7 Å². The molecule has 0 unspecified atom stereocenters. The van der Waals surface area contributed by atoms with Crippen molar-refractivity contribution in [1.29, 1.82) is 0 Å². The number of carbonyl (C=O) groups excluding carboxylic acids is 2. The fraction of sp³-hybridized carbons (Fsp3) is 0.387. The summed E-state index contributed by atoms with van der Waals surface area (Å²) in [4.78, 5) is 39.2. The van der Waals surface area contributed by atoms with Crippen molar-refractivity contribution in [3.63, 3.8) is 0 Å². The first-order valence-electron chi connectivity index (χ1n) is 13.8. The minimum absolute atomic E-state index is 0.0132. The summed E-state index contributed by atoms with van der Waals surface area (Å²) in [5.74, 6) is 0.205. The summed E-state index contributed by atoms with van der Waals surface area (Å²) in [6, 6.07) is 19.4. The Bertz CT molecular complexity index is 1340. The number of likely N-dealkylation sites (N-methyl/N-ethyl adjacent to an activating group) is 1. The fourth-order valence-corrected chi connectivity index (χ4v) is 6.16. The number of carbonyl (C=O) groups is 2. The maximum absolute atomic E-state index is 13.6. The van der Waals surface area contributed by atoms with Crippen molar-refractivity contribution in [2.24, 2.45) is 5.41 Å². The number of aromatic hydroxyl groups is 1. The highest BCUT2D eigenvalue weighted by molar-refractivity contribution is 6.00. The highest BCUT2D eigenvalue weighted by atomic mass is 16.3. The van der Waals surface area contributed by atoms with Crippen LogP contribution in [0, 0.1) is 5.41 Å². The molecule has 0 saturated carbocycles. The number of piperazine rings is 1. The molecule has 0 atom stereocenters. The zero-order valence-corrected chi connectivity index (χ0v) is 22.4. The van der Waals surface area contributed by atoms with Gasteiger partial charge < -0.3 is 24.7 Å². The van der Waals surface area contributed by atoms with Gasteiger partial charge in [0.15, 0.2) is 0 Å². The molecule has 3 aromatic rings. The molecule has 2 aromatic carbocycles. The Hall–Kier alpha value is -3.91. The number of piperidine rings is 1. The molecule has 4 heterocycles. The van der Waals surface area contributed by atoms with Gasteiger partial charge in [0.1, 0.15) is 0 Å². The fourth-order valence-electron chi connectivity index (χ4n) is 6.16. The van der Waals surface area contributed by atoms with E-state index in [4.69, 9.17) is 0 Å². The second-order valence-corrected chi connectivity index (χ2v) is 11.1. The number of hydrogen-bond donors (Lipinski definition) is 1. The first-order chi connectivity index (χ1) is 18.9. The molecule has 1 N–H and O–H groups in total. The smallest absolute Gasteiger partial charge is 0.253 e. The van der Waals surface area contributed by atoms with E-state index >= 15 is 0 Å². The molecule has 0 aliphatic carbocycles. The Labute approximate surface area is 229 Å². The number of aromatic nitrogens is 1. The standard InChI is InChI=1S/C31H35N5O3/c1-33-18-20-34(21-19-33)26-6-4-24(5-7-26)29(38)35-15-11-31(12-16-35)13-17-36(30(31)39)27-8-2-23(3-9-27)25-10-14-32-28(37)22-25/h2-10,14,22H,11-13,15-21H2,1H3,(H,32,37). The molecule has 39 heavy (non-hydrogen) atoms. The van der Waals surface area contributed by atoms with Gasteiger partial charge in [0.25, 0.3) is 5.91 Å². The first-order valence-corrected chi connectivity index (χ1v) is 13.8. The van der Waals surface area contributed by atoms with Crippen LogP contribution in [0.5, 0.6) is 5.88 Å². The summed E-state index contributed by atoms with van der Waals surface area (Å²) in [6.07, 6.45) is 3.78. The lowest BCUT2D eigenvalue weighted by Crippen LogP contribution is -2.46. The summed E-state index contributed by atoms with van der Waals surface area (Å²) in [7, 11) is 2.15. The summed E-state index contributed by atoms with van der Waals surface area (Å²) >= 11 is 0. The number of rotatable bonds is 4. The maximum atomic E-state index is 13.6. The molecule has 8 nitrogen and oxygen atoms in total. The molecule has 6 rings (SSSR count). The quantitative estimate of drug-likeness (QED) is 0.557. The minimum atomic E-state index is -0.391. The van der Waals surface area contributed by atoms with Crippen LogP contribution < -0.4 is 9.80 Å². The van der Waals surface area contributed by atoms with Gasteiger partial charge in [-0.3, -0.25) is 9.59 Å². The van der Waals surface area contributed by atoms with Crippen molar-refractivity contribution >= 4 is 23.2 Å². The topological polar surface area (TPSA) is 80.2 Å². The van der Waals surface area contributed by atoms with Crippen LogP contribution in [0.2, 0.25) is 0 Å². The van der Waals surface area contributed by atoms with Gasteiger partial charge >= 0.3 is 0 Å². The minimum Gasteiger partial charge on any atom is -0.493 e. The Morgan fingerprint density at radius 3 is 2.10 bits per heavy atom. The average Bonchev–Trinajstić information content (AvgIpc) is 3.28. The Morgan fingerprint density at radius 2 is 1.44 bits per heavy atom.